The van der Waals surface area contributed by atoms with E-state index in [1.54, 1.807) is 6.07 Å². The molecular formula is C10H9Br2N5O. The van der Waals surface area contributed by atoms with Crippen LogP contribution in [0.3, 0.4) is 0 Å². The van der Waals surface area contributed by atoms with Crippen molar-refractivity contribution in [2.24, 2.45) is 0 Å². The van der Waals surface area contributed by atoms with E-state index >= 15 is 0 Å². The molecule has 0 bridgehead atoms. The minimum absolute atomic E-state index is 0.0390. The molecular weight excluding hydrogens is 366 g/mol. The Labute approximate surface area is 120 Å². The Kier molecular flexibility index (Phi) is 3.97. The molecule has 3 N–H and O–H groups in total. The number of benzene rings is 1. The van der Waals surface area contributed by atoms with Gasteiger partial charge in [0.2, 0.25) is 11.9 Å². The van der Waals surface area contributed by atoms with Gasteiger partial charge in [-0.25, -0.2) is 4.68 Å². The Balaban J connectivity index is 2.03. The van der Waals surface area contributed by atoms with Crippen LogP contribution in [0.1, 0.15) is 0 Å². The number of anilines is 2. The maximum absolute atomic E-state index is 11.8. The Bertz CT molecular complexity index is 583. The summed E-state index contributed by atoms with van der Waals surface area (Å²) in [5, 5.41) is 6.62. The number of carbonyl (C=O) groups excluding carboxylic acids is 1. The van der Waals surface area contributed by atoms with Crippen LogP contribution in [-0.4, -0.2) is 20.7 Å². The Hall–Kier alpha value is -1.41. The van der Waals surface area contributed by atoms with E-state index in [-0.39, 0.29) is 18.4 Å². The van der Waals surface area contributed by atoms with E-state index < -0.39 is 0 Å². The second-order valence-electron chi connectivity index (χ2n) is 3.46. The van der Waals surface area contributed by atoms with E-state index in [9.17, 15) is 4.79 Å². The number of halogens is 2. The molecule has 2 aromatic rings. The van der Waals surface area contributed by atoms with Crippen LogP contribution < -0.4 is 11.1 Å². The first kappa shape index (κ1) is 13.0. The molecule has 8 heteroatoms. The molecule has 0 atom stereocenters. The van der Waals surface area contributed by atoms with Gasteiger partial charge in [-0.15, -0.1) is 5.10 Å². The zero-order valence-corrected chi connectivity index (χ0v) is 12.3. The molecule has 1 aromatic heterocycles. The molecule has 0 unspecified atom stereocenters. The predicted molar refractivity (Wildman–Crippen MR) is 74.9 cm³/mol. The second-order valence-corrected chi connectivity index (χ2v) is 5.08. The maximum Gasteiger partial charge on any atom is 0.246 e. The van der Waals surface area contributed by atoms with E-state index in [0.29, 0.717) is 10.4 Å². The van der Waals surface area contributed by atoms with E-state index in [1.807, 2.05) is 18.2 Å². The summed E-state index contributed by atoms with van der Waals surface area (Å²) in [6.45, 7) is 0.0390. The molecule has 0 radical (unpaired) electrons. The predicted octanol–water partition coefficient (Wildman–Crippen LogP) is 2.02. The lowest BCUT2D eigenvalue weighted by molar-refractivity contribution is -0.116. The highest BCUT2D eigenvalue weighted by atomic mass is 79.9. The molecule has 2 rings (SSSR count). The fraction of sp³-hybridized carbons (Fsp3) is 0.100. The van der Waals surface area contributed by atoms with Crippen molar-refractivity contribution in [3.05, 3.63) is 33.5 Å². The number of nitrogens with one attached hydrogen (secondary N) is 1. The molecule has 0 saturated carbocycles. The first-order valence-electron chi connectivity index (χ1n) is 4.96. The Morgan fingerprint density at radius 3 is 2.83 bits per heavy atom. The van der Waals surface area contributed by atoms with Gasteiger partial charge in [0.1, 0.15) is 6.54 Å². The summed E-state index contributed by atoms with van der Waals surface area (Å²) >= 11 is 6.50. The fourth-order valence-electron chi connectivity index (χ4n) is 1.34. The number of hydrogen-bond donors (Lipinski definition) is 2. The van der Waals surface area contributed by atoms with Crippen LogP contribution in [0.4, 0.5) is 11.6 Å². The molecule has 0 fully saturated rings. The summed E-state index contributed by atoms with van der Waals surface area (Å²) in [4.78, 5) is 15.6. The molecule has 0 spiro atoms. The van der Waals surface area contributed by atoms with Crippen LogP contribution in [0.5, 0.6) is 0 Å². The van der Waals surface area contributed by atoms with Crippen LogP contribution in [0.25, 0.3) is 0 Å². The molecule has 0 aliphatic heterocycles. The molecule has 0 saturated heterocycles. The van der Waals surface area contributed by atoms with Gasteiger partial charge < -0.3 is 11.1 Å². The van der Waals surface area contributed by atoms with Crippen LogP contribution in [0, 0.1) is 0 Å². The zero-order chi connectivity index (χ0) is 13.1. The monoisotopic (exact) mass is 373 g/mol. The molecule has 94 valence electrons. The van der Waals surface area contributed by atoms with E-state index in [4.69, 9.17) is 5.73 Å². The van der Waals surface area contributed by atoms with Crippen molar-refractivity contribution >= 4 is 49.4 Å². The van der Waals surface area contributed by atoms with Gasteiger partial charge in [-0.05, 0) is 34.1 Å². The Morgan fingerprint density at radius 1 is 1.44 bits per heavy atom. The Morgan fingerprint density at radius 2 is 2.22 bits per heavy atom. The van der Waals surface area contributed by atoms with Gasteiger partial charge in [0.25, 0.3) is 0 Å². The lowest BCUT2D eigenvalue weighted by Crippen LogP contribution is -2.19. The lowest BCUT2D eigenvalue weighted by Gasteiger charge is -2.05. The van der Waals surface area contributed by atoms with Crippen LogP contribution >= 0.6 is 31.9 Å². The summed E-state index contributed by atoms with van der Waals surface area (Å²) in [6.07, 6.45) is 0. The summed E-state index contributed by atoms with van der Waals surface area (Å²) in [6, 6.07) is 7.32. The van der Waals surface area contributed by atoms with Crippen LogP contribution in [0.2, 0.25) is 0 Å². The normalized spacial score (nSPS) is 10.3. The van der Waals surface area contributed by atoms with Crippen LogP contribution in [-0.2, 0) is 11.3 Å². The van der Waals surface area contributed by atoms with Crippen molar-refractivity contribution in [1.82, 2.24) is 14.8 Å². The van der Waals surface area contributed by atoms with Gasteiger partial charge >= 0.3 is 0 Å². The van der Waals surface area contributed by atoms with Crippen molar-refractivity contribution in [3.63, 3.8) is 0 Å². The second kappa shape index (κ2) is 5.49. The quantitative estimate of drug-likeness (QED) is 0.860. The highest BCUT2D eigenvalue weighted by Crippen LogP contribution is 2.16. The minimum atomic E-state index is -0.210. The van der Waals surface area contributed by atoms with Crippen molar-refractivity contribution in [2.45, 2.75) is 6.54 Å². The van der Waals surface area contributed by atoms with Crippen molar-refractivity contribution in [2.75, 3.05) is 11.1 Å². The van der Waals surface area contributed by atoms with Gasteiger partial charge in [-0.3, -0.25) is 4.79 Å². The molecule has 0 aliphatic carbocycles. The maximum atomic E-state index is 11.8. The third kappa shape index (κ3) is 3.30. The number of amides is 1. The van der Waals surface area contributed by atoms with Gasteiger partial charge in [0, 0.05) is 10.2 Å². The van der Waals surface area contributed by atoms with Crippen molar-refractivity contribution in [3.8, 4) is 0 Å². The smallest absolute Gasteiger partial charge is 0.246 e. The average molecular weight is 375 g/mol. The van der Waals surface area contributed by atoms with Crippen molar-refractivity contribution < 1.29 is 4.79 Å². The van der Waals surface area contributed by atoms with E-state index in [0.717, 1.165) is 4.47 Å². The number of nitrogen functional groups attached to an aromatic ring is 1. The number of hydrogen-bond acceptors (Lipinski definition) is 4. The number of nitrogens with zero attached hydrogens (tertiary/aromatic N) is 3. The molecule has 0 aliphatic rings. The molecule has 1 heterocycles. The standard InChI is InChI=1S/C10H9Br2N5O/c11-6-2-1-3-7(4-6)14-8(18)5-17-9(12)15-10(13)16-17/h1-4H,5H2,(H2,13,16)(H,14,18). The number of aromatic nitrogens is 3. The summed E-state index contributed by atoms with van der Waals surface area (Å²) < 4.78 is 2.69. The van der Waals surface area contributed by atoms with Gasteiger partial charge in [-0.2, -0.15) is 4.98 Å². The lowest BCUT2D eigenvalue weighted by atomic mass is 10.3. The highest BCUT2D eigenvalue weighted by molar-refractivity contribution is 9.10. The van der Waals surface area contributed by atoms with Gasteiger partial charge in [0.15, 0.2) is 4.73 Å². The highest BCUT2D eigenvalue weighted by Gasteiger charge is 2.09. The number of carbonyl (C=O) groups is 1. The molecule has 1 aromatic carbocycles. The third-order valence-electron chi connectivity index (χ3n) is 2.04. The van der Waals surface area contributed by atoms with Gasteiger partial charge in [0.05, 0.1) is 0 Å². The van der Waals surface area contributed by atoms with E-state index in [1.165, 1.54) is 4.68 Å². The summed E-state index contributed by atoms with van der Waals surface area (Å²) in [5.74, 6) is -0.0872. The topological polar surface area (TPSA) is 85.8 Å². The first-order valence-corrected chi connectivity index (χ1v) is 6.54. The van der Waals surface area contributed by atoms with E-state index in [2.05, 4.69) is 47.3 Å². The summed E-state index contributed by atoms with van der Waals surface area (Å²) in [5.41, 5.74) is 6.12. The third-order valence-corrected chi connectivity index (χ3v) is 3.12. The van der Waals surface area contributed by atoms with Crippen molar-refractivity contribution in [1.29, 1.82) is 0 Å². The first-order chi connectivity index (χ1) is 8.54. The fourth-order valence-corrected chi connectivity index (χ4v) is 2.13. The number of nitrogens with two attached hydrogens (primary N) is 1. The molecule has 6 nitrogen and oxygen atoms in total. The summed E-state index contributed by atoms with van der Waals surface area (Å²) in [7, 11) is 0. The molecule has 18 heavy (non-hydrogen) atoms. The van der Waals surface area contributed by atoms with Gasteiger partial charge in [-0.1, -0.05) is 22.0 Å². The largest absolute Gasteiger partial charge is 0.366 e. The zero-order valence-electron chi connectivity index (χ0n) is 9.10. The SMILES string of the molecule is Nc1nc(Br)n(CC(=O)Nc2cccc(Br)c2)n1. The average Bonchev–Trinajstić information content (AvgIpc) is 2.57. The van der Waals surface area contributed by atoms with Crippen LogP contribution in [0.15, 0.2) is 33.5 Å². The minimum Gasteiger partial charge on any atom is -0.366 e. The molecule has 1 amide bonds. The number of rotatable bonds is 3.